The number of amides is 1. The summed E-state index contributed by atoms with van der Waals surface area (Å²) in [6.07, 6.45) is 2.70. The molecule has 2 aromatic carbocycles. The number of rotatable bonds is 7. The van der Waals surface area contributed by atoms with E-state index in [2.05, 4.69) is 5.32 Å². The summed E-state index contributed by atoms with van der Waals surface area (Å²) >= 11 is 0. The van der Waals surface area contributed by atoms with E-state index in [0.717, 1.165) is 11.6 Å². The van der Waals surface area contributed by atoms with Crippen molar-refractivity contribution in [2.24, 2.45) is 0 Å². The average molecular weight is 340 g/mol. The summed E-state index contributed by atoms with van der Waals surface area (Å²) in [7, 11) is 0. The van der Waals surface area contributed by atoms with Crippen molar-refractivity contribution < 1.29 is 19.6 Å². The lowest BCUT2D eigenvalue weighted by Gasteiger charge is -2.13. The van der Waals surface area contributed by atoms with Crippen LogP contribution in [0.5, 0.6) is 0 Å². The molecule has 7 nitrogen and oxygen atoms in total. The van der Waals surface area contributed by atoms with Crippen molar-refractivity contribution in [1.29, 1.82) is 0 Å². The van der Waals surface area contributed by atoms with Gasteiger partial charge in [0.15, 0.2) is 0 Å². The third kappa shape index (κ3) is 5.58. The Labute approximate surface area is 143 Å². The molecule has 0 saturated heterocycles. The molecule has 7 heteroatoms. The molecule has 0 aliphatic heterocycles. The quantitative estimate of drug-likeness (QED) is 0.457. The number of carbonyl (C=O) groups excluding carboxylic acids is 1. The first-order valence-corrected chi connectivity index (χ1v) is 7.45. The van der Waals surface area contributed by atoms with Gasteiger partial charge in [0.05, 0.1) is 4.92 Å². The lowest BCUT2D eigenvalue weighted by Crippen LogP contribution is -2.41. The fourth-order valence-corrected chi connectivity index (χ4v) is 2.18. The molecule has 128 valence electrons. The number of non-ortho nitro benzene ring substituents is 1. The molecule has 0 aromatic heterocycles. The minimum absolute atomic E-state index is 0.0879. The number of carbonyl (C=O) groups is 2. The summed E-state index contributed by atoms with van der Waals surface area (Å²) in [5.74, 6) is -1.73. The van der Waals surface area contributed by atoms with Gasteiger partial charge in [0.25, 0.3) is 5.69 Å². The van der Waals surface area contributed by atoms with Gasteiger partial charge >= 0.3 is 5.97 Å². The Morgan fingerprint density at radius 3 is 2.52 bits per heavy atom. The van der Waals surface area contributed by atoms with Crippen molar-refractivity contribution in [1.82, 2.24) is 5.32 Å². The van der Waals surface area contributed by atoms with Crippen molar-refractivity contribution in [3.63, 3.8) is 0 Å². The van der Waals surface area contributed by atoms with Crippen LogP contribution >= 0.6 is 0 Å². The van der Waals surface area contributed by atoms with Crippen LogP contribution in [0.2, 0.25) is 0 Å². The molecule has 0 aliphatic rings. The second-order valence-electron chi connectivity index (χ2n) is 5.27. The van der Waals surface area contributed by atoms with E-state index in [4.69, 9.17) is 0 Å². The second-order valence-corrected chi connectivity index (χ2v) is 5.27. The maximum atomic E-state index is 11.9. The Bertz CT molecular complexity index is 802. The average Bonchev–Trinajstić information content (AvgIpc) is 2.60. The molecule has 0 unspecified atom stereocenters. The topological polar surface area (TPSA) is 110 Å². The minimum atomic E-state index is -1.14. The van der Waals surface area contributed by atoms with Gasteiger partial charge in [0.2, 0.25) is 5.91 Å². The first kappa shape index (κ1) is 17.9. The van der Waals surface area contributed by atoms with Crippen LogP contribution in [0.1, 0.15) is 11.1 Å². The van der Waals surface area contributed by atoms with E-state index in [1.165, 1.54) is 24.3 Å². The summed E-state index contributed by atoms with van der Waals surface area (Å²) in [6, 6.07) is 13.7. The highest BCUT2D eigenvalue weighted by Gasteiger charge is 2.19. The van der Waals surface area contributed by atoms with E-state index >= 15 is 0 Å². The smallest absolute Gasteiger partial charge is 0.326 e. The monoisotopic (exact) mass is 340 g/mol. The molecule has 0 spiro atoms. The summed E-state index contributed by atoms with van der Waals surface area (Å²) in [6.45, 7) is 0. The van der Waals surface area contributed by atoms with Crippen LogP contribution in [-0.2, 0) is 16.0 Å². The third-order valence-electron chi connectivity index (χ3n) is 3.41. The Balaban J connectivity index is 2.02. The maximum Gasteiger partial charge on any atom is 0.326 e. The first-order valence-electron chi connectivity index (χ1n) is 7.45. The zero-order valence-electron chi connectivity index (χ0n) is 13.2. The highest BCUT2D eigenvalue weighted by Crippen LogP contribution is 2.14. The van der Waals surface area contributed by atoms with Crippen LogP contribution in [0.4, 0.5) is 5.69 Å². The standard InChI is InChI=1S/C18H16N2O5/c21-17(10-9-14-7-4-8-15(11-14)20(24)25)19-16(18(22)23)12-13-5-2-1-3-6-13/h1-11,16H,12H2,(H,19,21)(H,22,23)/b10-9+/t16-/m1/s1. The largest absolute Gasteiger partial charge is 0.480 e. The lowest BCUT2D eigenvalue weighted by molar-refractivity contribution is -0.384. The molecule has 1 amide bonds. The van der Waals surface area contributed by atoms with Gasteiger partial charge in [0, 0.05) is 24.6 Å². The van der Waals surface area contributed by atoms with Crippen LogP contribution < -0.4 is 5.32 Å². The van der Waals surface area contributed by atoms with Crippen LogP contribution in [0, 0.1) is 10.1 Å². The SMILES string of the molecule is O=C(/C=C/c1cccc([N+](=O)[O-])c1)N[C@H](Cc1ccccc1)C(=O)O. The predicted octanol–water partition coefficient (Wildman–Crippen LogP) is 2.42. The number of nitrogens with one attached hydrogen (secondary N) is 1. The van der Waals surface area contributed by atoms with Gasteiger partial charge in [-0.25, -0.2) is 4.79 Å². The van der Waals surface area contributed by atoms with E-state index in [1.54, 1.807) is 30.3 Å². The van der Waals surface area contributed by atoms with Crippen molar-refractivity contribution in [2.75, 3.05) is 0 Å². The van der Waals surface area contributed by atoms with Gasteiger partial charge < -0.3 is 10.4 Å². The Kier molecular flexibility index (Phi) is 6.00. The van der Waals surface area contributed by atoms with E-state index in [-0.39, 0.29) is 12.1 Å². The van der Waals surface area contributed by atoms with Crippen LogP contribution in [0.15, 0.2) is 60.7 Å². The lowest BCUT2D eigenvalue weighted by atomic mass is 10.1. The Hall–Kier alpha value is -3.48. The number of aliphatic carboxylic acids is 1. The van der Waals surface area contributed by atoms with E-state index < -0.39 is 22.8 Å². The number of carboxylic acid groups (broad SMARTS) is 1. The minimum Gasteiger partial charge on any atom is -0.480 e. The normalized spacial score (nSPS) is 11.8. The summed E-state index contributed by atoms with van der Waals surface area (Å²) < 4.78 is 0. The summed E-state index contributed by atoms with van der Waals surface area (Å²) in [5.41, 5.74) is 1.17. The molecular weight excluding hydrogens is 324 g/mol. The first-order chi connectivity index (χ1) is 12.0. The number of nitro groups is 1. The Morgan fingerprint density at radius 1 is 1.16 bits per heavy atom. The summed E-state index contributed by atoms with van der Waals surface area (Å²) in [5, 5.41) is 22.4. The van der Waals surface area contributed by atoms with E-state index in [9.17, 15) is 24.8 Å². The molecular formula is C18H16N2O5. The molecule has 0 bridgehead atoms. The van der Waals surface area contributed by atoms with Crippen molar-refractivity contribution in [3.05, 3.63) is 81.9 Å². The van der Waals surface area contributed by atoms with Crippen molar-refractivity contribution >= 4 is 23.6 Å². The zero-order valence-corrected chi connectivity index (χ0v) is 13.2. The predicted molar refractivity (Wildman–Crippen MR) is 91.8 cm³/mol. The second kappa shape index (κ2) is 8.39. The van der Waals surface area contributed by atoms with Crippen LogP contribution in [0.3, 0.4) is 0 Å². The number of benzene rings is 2. The van der Waals surface area contributed by atoms with E-state index in [1.807, 2.05) is 6.07 Å². The zero-order chi connectivity index (χ0) is 18.2. The molecule has 2 rings (SSSR count). The fraction of sp³-hybridized carbons (Fsp3) is 0.111. The van der Waals surface area contributed by atoms with E-state index in [0.29, 0.717) is 5.56 Å². The Morgan fingerprint density at radius 2 is 1.88 bits per heavy atom. The molecule has 0 aliphatic carbocycles. The molecule has 2 aromatic rings. The highest BCUT2D eigenvalue weighted by atomic mass is 16.6. The van der Waals surface area contributed by atoms with Gasteiger partial charge in [-0.3, -0.25) is 14.9 Å². The molecule has 25 heavy (non-hydrogen) atoms. The van der Waals surface area contributed by atoms with Crippen molar-refractivity contribution in [3.8, 4) is 0 Å². The molecule has 0 radical (unpaired) electrons. The molecule has 0 saturated carbocycles. The number of hydrogen-bond acceptors (Lipinski definition) is 4. The van der Waals surface area contributed by atoms with Gasteiger partial charge in [-0.05, 0) is 17.2 Å². The third-order valence-corrected chi connectivity index (χ3v) is 3.41. The van der Waals surface area contributed by atoms with Crippen molar-refractivity contribution in [2.45, 2.75) is 12.5 Å². The van der Waals surface area contributed by atoms with Gasteiger partial charge in [-0.15, -0.1) is 0 Å². The van der Waals surface area contributed by atoms with Gasteiger partial charge in [-0.1, -0.05) is 42.5 Å². The summed E-state index contributed by atoms with van der Waals surface area (Å²) in [4.78, 5) is 33.5. The fourth-order valence-electron chi connectivity index (χ4n) is 2.18. The number of carboxylic acids is 1. The molecule has 1 atom stereocenters. The highest BCUT2D eigenvalue weighted by molar-refractivity contribution is 5.94. The molecule has 2 N–H and O–H groups in total. The maximum absolute atomic E-state index is 11.9. The molecule has 0 fully saturated rings. The number of hydrogen-bond donors (Lipinski definition) is 2. The van der Waals surface area contributed by atoms with Crippen LogP contribution in [0.25, 0.3) is 6.08 Å². The number of nitrogens with zero attached hydrogens (tertiary/aromatic N) is 1. The van der Waals surface area contributed by atoms with Crippen LogP contribution in [-0.4, -0.2) is 27.9 Å². The molecule has 0 heterocycles. The van der Waals surface area contributed by atoms with Gasteiger partial charge in [-0.2, -0.15) is 0 Å². The number of nitro benzene ring substituents is 1. The van der Waals surface area contributed by atoms with Gasteiger partial charge in [0.1, 0.15) is 6.04 Å².